The fraction of sp³-hybridized carbons (Fsp3) is 0.304. The summed E-state index contributed by atoms with van der Waals surface area (Å²) in [6.45, 7) is 6.71. The maximum atomic E-state index is 13.3. The molecule has 2 aromatic rings. The zero-order chi connectivity index (χ0) is 21.8. The summed E-state index contributed by atoms with van der Waals surface area (Å²) in [4.78, 5) is 29.5. The number of rotatable bonds is 7. The highest BCUT2D eigenvalue weighted by atomic mass is 79.9. The molecule has 1 atom stereocenters. The Morgan fingerprint density at radius 2 is 1.67 bits per heavy atom. The lowest BCUT2D eigenvalue weighted by Crippen LogP contribution is -2.38. The molecular weight excluding hydrogens is 451 g/mol. The highest BCUT2D eigenvalue weighted by Gasteiger charge is 2.45. The summed E-state index contributed by atoms with van der Waals surface area (Å²) >= 11 is 3.40. The van der Waals surface area contributed by atoms with E-state index < -0.39 is 23.5 Å². The minimum Gasteiger partial charge on any atom is -0.507 e. The molecule has 1 amide bonds. The lowest BCUT2D eigenvalue weighted by molar-refractivity contribution is -0.140. The van der Waals surface area contributed by atoms with E-state index >= 15 is 0 Å². The van der Waals surface area contributed by atoms with Gasteiger partial charge in [0.25, 0.3) is 11.7 Å². The summed E-state index contributed by atoms with van der Waals surface area (Å²) < 4.78 is 14.2. The Bertz CT molecular complexity index is 953. The van der Waals surface area contributed by atoms with Crippen LogP contribution in [0.1, 0.15) is 31.0 Å². The van der Waals surface area contributed by atoms with Crippen LogP contribution in [0.5, 0.6) is 0 Å². The number of carbonyl (C=O) groups is 2. The number of benzene rings is 2. The van der Waals surface area contributed by atoms with Crippen molar-refractivity contribution in [2.24, 2.45) is 0 Å². The van der Waals surface area contributed by atoms with Gasteiger partial charge in [-0.05, 0) is 55.1 Å². The molecule has 30 heavy (non-hydrogen) atoms. The Labute approximate surface area is 183 Å². The van der Waals surface area contributed by atoms with Crippen LogP contribution in [-0.2, 0) is 9.59 Å². The lowest BCUT2D eigenvalue weighted by Gasteiger charge is -2.28. The number of carbonyl (C=O) groups excluding carboxylic acids is 2. The molecule has 1 heterocycles. The third-order valence-corrected chi connectivity index (χ3v) is 5.92. The summed E-state index contributed by atoms with van der Waals surface area (Å²) in [6, 6.07) is 11.8. The first kappa shape index (κ1) is 22.2. The predicted octanol–water partition coefficient (Wildman–Crippen LogP) is 4.35. The number of ketones is 1. The summed E-state index contributed by atoms with van der Waals surface area (Å²) in [5, 5.41) is 10.9. The maximum Gasteiger partial charge on any atom is 0.295 e. The van der Waals surface area contributed by atoms with Crippen LogP contribution in [0.25, 0.3) is 5.76 Å². The Balaban J connectivity index is 2.08. The van der Waals surface area contributed by atoms with Crippen molar-refractivity contribution in [3.8, 4) is 0 Å². The van der Waals surface area contributed by atoms with Gasteiger partial charge in [-0.3, -0.25) is 9.59 Å². The van der Waals surface area contributed by atoms with Crippen molar-refractivity contribution in [1.82, 2.24) is 9.80 Å². The van der Waals surface area contributed by atoms with E-state index in [4.69, 9.17) is 0 Å². The maximum absolute atomic E-state index is 13.3. The van der Waals surface area contributed by atoms with Gasteiger partial charge in [0.05, 0.1) is 11.6 Å². The highest BCUT2D eigenvalue weighted by molar-refractivity contribution is 9.10. The molecule has 0 bridgehead atoms. The number of aliphatic hydroxyl groups excluding tert-OH is 1. The Morgan fingerprint density at radius 1 is 1.07 bits per heavy atom. The van der Waals surface area contributed by atoms with Gasteiger partial charge in [-0.25, -0.2) is 4.39 Å². The molecule has 1 saturated heterocycles. The van der Waals surface area contributed by atoms with Crippen molar-refractivity contribution in [3.63, 3.8) is 0 Å². The fourth-order valence-electron chi connectivity index (χ4n) is 3.65. The fourth-order valence-corrected chi connectivity index (χ4v) is 3.92. The number of likely N-dealkylation sites (N-methyl/N-ethyl adjacent to an activating group) is 1. The van der Waals surface area contributed by atoms with Crippen molar-refractivity contribution in [1.29, 1.82) is 0 Å². The molecule has 0 aliphatic carbocycles. The second kappa shape index (κ2) is 9.53. The smallest absolute Gasteiger partial charge is 0.295 e. The molecule has 1 fully saturated rings. The molecule has 0 spiro atoms. The van der Waals surface area contributed by atoms with Crippen LogP contribution in [0, 0.1) is 5.82 Å². The first-order valence-electron chi connectivity index (χ1n) is 9.89. The Kier molecular flexibility index (Phi) is 7.05. The largest absolute Gasteiger partial charge is 0.507 e. The monoisotopic (exact) mass is 474 g/mol. The van der Waals surface area contributed by atoms with Crippen LogP contribution in [0.4, 0.5) is 4.39 Å². The van der Waals surface area contributed by atoms with E-state index in [9.17, 15) is 19.1 Å². The minimum absolute atomic E-state index is 0.0217. The van der Waals surface area contributed by atoms with Crippen molar-refractivity contribution in [3.05, 3.63) is 75.5 Å². The van der Waals surface area contributed by atoms with Crippen LogP contribution < -0.4 is 0 Å². The molecule has 1 unspecified atom stereocenters. The second-order valence-electron chi connectivity index (χ2n) is 7.08. The van der Waals surface area contributed by atoms with E-state index in [0.717, 1.165) is 23.1 Å². The number of Topliss-reactive ketones (excluding diaryl/α,β-unsaturated/α-hetero) is 1. The number of hydrogen-bond acceptors (Lipinski definition) is 4. The first-order chi connectivity index (χ1) is 14.4. The van der Waals surface area contributed by atoms with Crippen molar-refractivity contribution in [2.45, 2.75) is 19.9 Å². The third-order valence-electron chi connectivity index (χ3n) is 5.39. The number of aliphatic hydroxyl groups is 1. The van der Waals surface area contributed by atoms with Crippen LogP contribution >= 0.6 is 15.9 Å². The molecule has 158 valence electrons. The lowest BCUT2D eigenvalue weighted by atomic mass is 9.95. The Hall–Kier alpha value is -2.51. The molecule has 1 aliphatic heterocycles. The quantitative estimate of drug-likeness (QED) is 0.368. The van der Waals surface area contributed by atoms with E-state index in [-0.39, 0.29) is 11.3 Å². The summed E-state index contributed by atoms with van der Waals surface area (Å²) in [5.41, 5.74) is 1.04. The zero-order valence-electron chi connectivity index (χ0n) is 16.9. The van der Waals surface area contributed by atoms with Crippen LogP contribution in [0.15, 0.2) is 58.6 Å². The van der Waals surface area contributed by atoms with E-state index in [2.05, 4.69) is 20.8 Å². The van der Waals surface area contributed by atoms with Gasteiger partial charge < -0.3 is 14.9 Å². The first-order valence-corrected chi connectivity index (χ1v) is 10.7. The van der Waals surface area contributed by atoms with E-state index in [1.807, 2.05) is 38.1 Å². The van der Waals surface area contributed by atoms with Gasteiger partial charge in [0.1, 0.15) is 11.6 Å². The van der Waals surface area contributed by atoms with Crippen molar-refractivity contribution in [2.75, 3.05) is 26.2 Å². The van der Waals surface area contributed by atoms with Gasteiger partial charge in [-0.1, -0.05) is 41.9 Å². The van der Waals surface area contributed by atoms with E-state index in [1.54, 1.807) is 0 Å². The van der Waals surface area contributed by atoms with Crippen LogP contribution in [0.3, 0.4) is 0 Å². The van der Waals surface area contributed by atoms with E-state index in [0.29, 0.717) is 18.7 Å². The molecule has 1 N–H and O–H groups in total. The van der Waals surface area contributed by atoms with Gasteiger partial charge in [0, 0.05) is 23.1 Å². The Morgan fingerprint density at radius 3 is 2.23 bits per heavy atom. The molecule has 5 nitrogen and oxygen atoms in total. The second-order valence-corrected chi connectivity index (χ2v) is 7.99. The van der Waals surface area contributed by atoms with Gasteiger partial charge in [-0.2, -0.15) is 0 Å². The minimum atomic E-state index is -0.732. The predicted molar refractivity (Wildman–Crippen MR) is 117 cm³/mol. The molecule has 2 aromatic carbocycles. The average Bonchev–Trinajstić information content (AvgIpc) is 3.00. The highest BCUT2D eigenvalue weighted by Crippen LogP contribution is 2.39. The topological polar surface area (TPSA) is 60.9 Å². The van der Waals surface area contributed by atoms with E-state index in [1.165, 1.54) is 29.2 Å². The van der Waals surface area contributed by atoms with Crippen molar-refractivity contribution >= 4 is 33.4 Å². The van der Waals surface area contributed by atoms with Gasteiger partial charge in [-0.15, -0.1) is 0 Å². The normalized spacial score (nSPS) is 18.4. The molecule has 0 radical (unpaired) electrons. The molecule has 3 rings (SSSR count). The third kappa shape index (κ3) is 4.47. The summed E-state index contributed by atoms with van der Waals surface area (Å²) in [7, 11) is 0. The standard InChI is InChI=1S/C23H24BrFN2O3/c1-3-26(4-2)13-14-27-20(15-5-9-17(24)10-6-15)19(22(29)23(27)30)21(28)16-7-11-18(25)12-8-16/h5-12,20,28H,3-4,13-14H2,1-2H3/b21-19+. The average molecular weight is 475 g/mol. The van der Waals surface area contributed by atoms with Gasteiger partial charge in [0.2, 0.25) is 0 Å². The summed E-state index contributed by atoms with van der Waals surface area (Å²) in [5.74, 6) is -2.12. The van der Waals surface area contributed by atoms with Crippen LogP contribution in [-0.4, -0.2) is 52.8 Å². The van der Waals surface area contributed by atoms with Gasteiger partial charge >= 0.3 is 0 Å². The molecule has 0 aromatic heterocycles. The molecule has 0 saturated carbocycles. The number of hydrogen-bond donors (Lipinski definition) is 1. The molecular formula is C23H24BrFN2O3. The molecule has 1 aliphatic rings. The molecule has 7 heteroatoms. The number of likely N-dealkylation sites (tertiary alicyclic amines) is 1. The number of halogens is 2. The number of amides is 1. The van der Waals surface area contributed by atoms with Crippen LogP contribution in [0.2, 0.25) is 0 Å². The van der Waals surface area contributed by atoms with Gasteiger partial charge in [0.15, 0.2) is 0 Å². The SMILES string of the molecule is CCN(CC)CCN1C(=O)C(=O)/C(=C(/O)c2ccc(F)cc2)C1c1ccc(Br)cc1. The van der Waals surface area contributed by atoms with Crippen molar-refractivity contribution < 1.29 is 19.1 Å². The number of nitrogens with zero attached hydrogens (tertiary/aromatic N) is 2. The zero-order valence-corrected chi connectivity index (χ0v) is 18.5. The summed E-state index contributed by atoms with van der Waals surface area (Å²) in [6.07, 6.45) is 0.